The maximum absolute atomic E-state index is 12.8. The summed E-state index contributed by atoms with van der Waals surface area (Å²) in [6.07, 6.45) is -1.20. The second-order valence-electron chi connectivity index (χ2n) is 7.78. The van der Waals surface area contributed by atoms with Crippen LogP contribution in [0.2, 0.25) is 0 Å². The van der Waals surface area contributed by atoms with Gasteiger partial charge in [0.1, 0.15) is 30.3 Å². The second kappa shape index (κ2) is 18.1. The fraction of sp³-hybridized carbons (Fsp3) is 0.294. The van der Waals surface area contributed by atoms with E-state index in [1.165, 1.54) is 29.1 Å². The molecule has 0 spiro atoms. The number of rotatable bonds is 10. The molecule has 0 amide bonds. The molecule has 19 nitrogen and oxygen atoms in total. The molecular weight excluding hydrogens is 681 g/mol. The number of nitrogens with zero attached hydrogens (tertiary/aromatic N) is 4. The Morgan fingerprint density at radius 2 is 1.63 bits per heavy atom. The number of nitrogens with two attached hydrogens (primary N) is 2. The van der Waals surface area contributed by atoms with Gasteiger partial charge < -0.3 is 49.6 Å². The van der Waals surface area contributed by atoms with Crippen molar-refractivity contribution in [3.05, 3.63) is 42.5 Å². The van der Waals surface area contributed by atoms with E-state index < -0.39 is 54.5 Å². The number of nitrogen functional groups attached to an aromatic ring is 2. The fourth-order valence-corrected chi connectivity index (χ4v) is 6.42. The summed E-state index contributed by atoms with van der Waals surface area (Å²) >= 11 is 0. The van der Waals surface area contributed by atoms with E-state index in [9.17, 15) is 38.1 Å². The number of aromatic nitrogens is 4. The Bertz CT molecular complexity index is 1550. The van der Waals surface area contributed by atoms with Gasteiger partial charge in [-0.3, -0.25) is 18.0 Å². The average molecular weight is 698 g/mol. The van der Waals surface area contributed by atoms with Crippen LogP contribution in [0.3, 0.4) is 0 Å². The number of ether oxygens (including phenoxy) is 2. The fourth-order valence-electron chi connectivity index (χ4n) is 3.56. The third-order valence-corrected chi connectivity index (χ3v) is 8.78. The van der Waals surface area contributed by atoms with Gasteiger partial charge >= 0.3 is 124 Å². The van der Waals surface area contributed by atoms with E-state index in [1.807, 2.05) is 0 Å². The number of phosphoric acid groups is 3. The van der Waals surface area contributed by atoms with E-state index in [0.29, 0.717) is 0 Å². The van der Waals surface area contributed by atoms with Crippen LogP contribution in [-0.4, -0.2) is 44.3 Å². The number of benzene rings is 1. The van der Waals surface area contributed by atoms with Crippen LogP contribution in [0, 0.1) is 0 Å². The minimum atomic E-state index is -6.18. The molecule has 5 atom stereocenters. The van der Waals surface area contributed by atoms with Gasteiger partial charge in [-0.2, -0.15) is 0 Å². The molecule has 0 aliphatic carbocycles. The zero-order valence-electron chi connectivity index (χ0n) is 23.2. The van der Waals surface area contributed by atoms with Crippen molar-refractivity contribution < 1.29 is 179 Å². The number of hydrogen-bond acceptors (Lipinski definition) is 18. The smallest absolute Gasteiger partial charge is 0.790 e. The van der Waals surface area contributed by atoms with Gasteiger partial charge in [-0.15, -0.1) is 0 Å². The minimum absolute atomic E-state index is 0. The summed E-state index contributed by atoms with van der Waals surface area (Å²) in [6.45, 7) is -0.990. The summed E-state index contributed by atoms with van der Waals surface area (Å²) < 4.78 is 57.8. The molecule has 1 aliphatic rings. The third-order valence-electron chi connectivity index (χ3n) is 5.11. The molecule has 26 heteroatoms. The summed E-state index contributed by atoms with van der Waals surface area (Å²) in [5.74, 6) is -0.830. The van der Waals surface area contributed by atoms with Crippen LogP contribution in [0.5, 0.6) is 0 Å². The minimum Gasteiger partial charge on any atom is -0.790 e. The maximum atomic E-state index is 12.8. The molecule has 2 unspecified atom stereocenters. The van der Waals surface area contributed by atoms with Crippen molar-refractivity contribution in [2.24, 2.45) is 0 Å². The standard InChI is InChI=1S/C17H21N6O13P3.4Na/c18-10-4-2-1-3-9(10)17(24)34-11-5-13(23-8-22-14-15(19)20-7-21-16(14)23)33-12(11)6-32-38(28,29)36-39(30,31)35-37(25,26)27;;;;/h1-4,7-8,11-13H,5-6,18H2,(H,28,29)(H,30,31)(H2,19,20,21)(H2,25,26,27);;;;/q;4*+1/p-4/t11-,12+,13+;;;;/m0..../s1. The van der Waals surface area contributed by atoms with Crippen LogP contribution in [0.25, 0.3) is 11.2 Å². The SMILES string of the molecule is Nc1ccccc1C(=O)O[C@H]1C[C@H](n2cnc3c(N)ncnc32)O[C@@H]1COP(=O)([O-])OP(=O)([O-])OP(=O)([O-])[O-].[Na+].[Na+].[Na+].[Na+]. The largest absolute Gasteiger partial charge is 1.00 e. The molecule has 1 fully saturated rings. The molecule has 1 saturated heterocycles. The van der Waals surface area contributed by atoms with Crippen molar-refractivity contribution in [1.29, 1.82) is 0 Å². The summed E-state index contributed by atoms with van der Waals surface area (Å²) in [6, 6.07) is 5.94. The molecular formula is C17H17N6Na4O13P3. The zero-order valence-corrected chi connectivity index (χ0v) is 33.9. The molecule has 2 aromatic heterocycles. The van der Waals surface area contributed by atoms with Crippen LogP contribution in [0.1, 0.15) is 23.0 Å². The van der Waals surface area contributed by atoms with Crippen molar-refractivity contribution in [3.63, 3.8) is 0 Å². The Hall–Kier alpha value is 1.21. The van der Waals surface area contributed by atoms with E-state index in [0.717, 1.165) is 6.33 Å². The first kappa shape index (κ1) is 44.2. The summed E-state index contributed by atoms with van der Waals surface area (Å²) in [4.78, 5) is 69.2. The Labute approximate surface area is 331 Å². The van der Waals surface area contributed by atoms with Crippen molar-refractivity contribution in [3.8, 4) is 0 Å². The molecule has 212 valence electrons. The molecule has 0 bridgehead atoms. The summed E-state index contributed by atoms with van der Waals surface area (Å²) in [5.41, 5.74) is 12.1. The van der Waals surface area contributed by atoms with Gasteiger partial charge in [0.25, 0.3) is 15.6 Å². The first-order chi connectivity index (χ1) is 18.1. The number of hydrogen-bond donors (Lipinski definition) is 2. The maximum Gasteiger partial charge on any atom is 1.00 e. The van der Waals surface area contributed by atoms with E-state index in [2.05, 4.69) is 28.1 Å². The van der Waals surface area contributed by atoms with Gasteiger partial charge in [0.15, 0.2) is 11.5 Å². The van der Waals surface area contributed by atoms with E-state index in [-0.39, 0.29) is 153 Å². The topological polar surface area (TPSA) is 302 Å². The molecule has 4 rings (SSSR count). The van der Waals surface area contributed by atoms with Crippen molar-refractivity contribution in [2.75, 3.05) is 18.1 Å². The predicted molar refractivity (Wildman–Crippen MR) is 119 cm³/mol. The second-order valence-corrected chi connectivity index (χ2v) is 12.0. The molecule has 0 saturated carbocycles. The molecule has 0 radical (unpaired) electrons. The number of fused-ring (bicyclic) bond motifs is 1. The van der Waals surface area contributed by atoms with E-state index in [1.54, 1.807) is 6.07 Å². The Morgan fingerprint density at radius 1 is 0.977 bits per heavy atom. The number of imidazole rings is 1. The Balaban J connectivity index is 0.00000441. The Morgan fingerprint density at radius 3 is 2.26 bits per heavy atom. The quantitative estimate of drug-likeness (QED) is 0.0859. The van der Waals surface area contributed by atoms with Crippen LogP contribution in [-0.2, 0) is 36.3 Å². The molecule has 4 N–H and O–H groups in total. The van der Waals surface area contributed by atoms with Crippen LogP contribution < -0.4 is 149 Å². The van der Waals surface area contributed by atoms with Gasteiger partial charge in [0.05, 0.1) is 26.3 Å². The number of carbonyl (C=O) groups excluding carboxylic acids is 1. The van der Waals surface area contributed by atoms with E-state index >= 15 is 0 Å². The number of carbonyl (C=O) groups is 1. The molecule has 43 heavy (non-hydrogen) atoms. The number of esters is 1. The molecule has 3 aromatic rings. The normalized spacial score (nSPS) is 20.7. The Kier molecular flexibility index (Phi) is 18.6. The van der Waals surface area contributed by atoms with Gasteiger partial charge in [-0.25, -0.2) is 24.1 Å². The first-order valence-electron chi connectivity index (χ1n) is 10.5. The van der Waals surface area contributed by atoms with Crippen molar-refractivity contribution in [2.45, 2.75) is 24.9 Å². The predicted octanol–water partition coefficient (Wildman–Crippen LogP) is -13.7. The number of anilines is 2. The van der Waals surface area contributed by atoms with Gasteiger partial charge in [-0.1, -0.05) is 12.1 Å². The third kappa shape index (κ3) is 12.3. The van der Waals surface area contributed by atoms with E-state index in [4.69, 9.17) is 20.9 Å². The molecule has 3 heterocycles. The van der Waals surface area contributed by atoms with Gasteiger partial charge in [-0.05, 0) is 12.1 Å². The van der Waals surface area contributed by atoms with Crippen molar-refractivity contribution >= 4 is 52.1 Å². The summed E-state index contributed by atoms with van der Waals surface area (Å²) in [5, 5.41) is 0. The van der Waals surface area contributed by atoms with Crippen LogP contribution in [0.4, 0.5) is 11.5 Å². The van der Waals surface area contributed by atoms with Gasteiger partial charge in [0, 0.05) is 12.1 Å². The van der Waals surface area contributed by atoms with Crippen molar-refractivity contribution in [1.82, 2.24) is 19.5 Å². The monoisotopic (exact) mass is 698 g/mol. The number of para-hydroxylation sites is 1. The first-order valence-corrected chi connectivity index (χ1v) is 14.9. The summed E-state index contributed by atoms with van der Waals surface area (Å²) in [7, 11) is -18.2. The van der Waals surface area contributed by atoms with Crippen LogP contribution >= 0.6 is 23.5 Å². The van der Waals surface area contributed by atoms with Gasteiger partial charge in [0.2, 0.25) is 0 Å². The molecule has 1 aromatic carbocycles. The average Bonchev–Trinajstić information content (AvgIpc) is 3.40. The zero-order chi connectivity index (χ0) is 28.6. The number of phosphoric ester groups is 1. The molecule has 1 aliphatic heterocycles. The van der Waals surface area contributed by atoms with Crippen LogP contribution in [0.15, 0.2) is 36.9 Å².